The predicted molar refractivity (Wildman–Crippen MR) is 49.2 cm³/mol. The first kappa shape index (κ1) is 11.2. The van der Waals surface area contributed by atoms with Crippen LogP contribution in [0.15, 0.2) is 11.0 Å². The lowest BCUT2D eigenvalue weighted by atomic mass is 10.4. The largest absolute Gasteiger partial charge is 0.364 e. The van der Waals surface area contributed by atoms with Gasteiger partial charge in [-0.2, -0.15) is 0 Å². The van der Waals surface area contributed by atoms with Crippen LogP contribution in [0.1, 0.15) is 21.0 Å². The van der Waals surface area contributed by atoms with Crippen molar-refractivity contribution in [2.24, 2.45) is 16.6 Å². The first-order valence-electron chi connectivity index (χ1n) is 3.59. The number of aromatic nitrogens is 1. The van der Waals surface area contributed by atoms with Crippen LogP contribution in [0.4, 0.5) is 0 Å². The molecule has 0 saturated heterocycles. The summed E-state index contributed by atoms with van der Waals surface area (Å²) in [4.78, 5) is 23.2. The Morgan fingerprint density at radius 3 is 2.00 bits per heavy atom. The van der Waals surface area contributed by atoms with Crippen molar-refractivity contribution in [1.82, 2.24) is 4.98 Å². The minimum atomic E-state index is -4.13. The van der Waals surface area contributed by atoms with Gasteiger partial charge in [0.25, 0.3) is 11.8 Å². The molecule has 9 heteroatoms. The number of nitrogens with two attached hydrogens (primary N) is 3. The molecule has 0 radical (unpaired) electrons. The molecule has 1 aromatic rings. The van der Waals surface area contributed by atoms with Crippen molar-refractivity contribution in [3.63, 3.8) is 0 Å². The Morgan fingerprint density at radius 2 is 1.73 bits per heavy atom. The minimum Gasteiger partial charge on any atom is -0.364 e. The Labute approximate surface area is 84.5 Å². The number of primary amides is 2. The van der Waals surface area contributed by atoms with Gasteiger partial charge in [0.1, 0.15) is 16.3 Å². The molecule has 0 atom stereocenters. The number of sulfonamides is 1. The molecule has 1 rings (SSSR count). The van der Waals surface area contributed by atoms with Gasteiger partial charge in [-0.3, -0.25) is 9.59 Å². The van der Waals surface area contributed by atoms with Gasteiger partial charge in [0.15, 0.2) is 0 Å². The maximum Gasteiger partial charge on any atom is 0.266 e. The molecule has 1 aromatic heterocycles. The third kappa shape index (κ3) is 2.14. The second kappa shape index (κ2) is 3.37. The summed E-state index contributed by atoms with van der Waals surface area (Å²) in [6, 6.07) is 0.859. The normalized spacial score (nSPS) is 11.3. The van der Waals surface area contributed by atoms with Crippen molar-refractivity contribution in [3.05, 3.63) is 17.5 Å². The second-order valence-electron chi connectivity index (χ2n) is 2.70. The van der Waals surface area contributed by atoms with Crippen LogP contribution >= 0.6 is 0 Å². The molecule has 1 heterocycles. The number of nitrogens with one attached hydrogen (secondary N) is 1. The number of rotatable bonds is 3. The van der Waals surface area contributed by atoms with Gasteiger partial charge in [-0.1, -0.05) is 0 Å². The fraction of sp³-hybridized carbons (Fsp3) is 0. The van der Waals surface area contributed by atoms with Gasteiger partial charge in [0.2, 0.25) is 10.0 Å². The Bertz CT molecular complexity index is 529. The van der Waals surface area contributed by atoms with Crippen molar-refractivity contribution in [3.8, 4) is 0 Å². The van der Waals surface area contributed by atoms with E-state index >= 15 is 0 Å². The van der Waals surface area contributed by atoms with Crippen LogP contribution < -0.4 is 16.6 Å². The van der Waals surface area contributed by atoms with Gasteiger partial charge in [0, 0.05) is 0 Å². The smallest absolute Gasteiger partial charge is 0.266 e. The van der Waals surface area contributed by atoms with E-state index in [1.165, 1.54) is 0 Å². The molecule has 0 bridgehead atoms. The monoisotopic (exact) mass is 232 g/mol. The van der Waals surface area contributed by atoms with Crippen LogP contribution in [-0.2, 0) is 10.0 Å². The number of hydrogen-bond donors (Lipinski definition) is 4. The van der Waals surface area contributed by atoms with Gasteiger partial charge in [-0.05, 0) is 6.07 Å². The Kier molecular flexibility index (Phi) is 2.51. The van der Waals surface area contributed by atoms with Crippen LogP contribution in [0, 0.1) is 0 Å². The Hall–Kier alpha value is -1.87. The third-order valence-electron chi connectivity index (χ3n) is 1.60. The molecule has 15 heavy (non-hydrogen) atoms. The maximum atomic E-state index is 11.0. The highest BCUT2D eigenvalue weighted by Gasteiger charge is 2.22. The molecule has 0 aliphatic carbocycles. The summed E-state index contributed by atoms with van der Waals surface area (Å²) in [6.45, 7) is 0. The standard InChI is InChI=1S/C6H8N4O4S/c7-5(11)2-1-3(15(9,13)14)4(10-2)6(8)12/h1,10H,(H2,7,11)(H2,8,12)(H2,9,13,14). The summed E-state index contributed by atoms with van der Waals surface area (Å²) >= 11 is 0. The number of carbonyl (C=O) groups is 2. The highest BCUT2D eigenvalue weighted by atomic mass is 32.2. The number of primary sulfonamides is 1. The topological polar surface area (TPSA) is 162 Å². The Balaban J connectivity index is 3.51. The van der Waals surface area contributed by atoms with Gasteiger partial charge >= 0.3 is 0 Å². The predicted octanol–water partition coefficient (Wildman–Crippen LogP) is -2.14. The highest BCUT2D eigenvalue weighted by Crippen LogP contribution is 2.14. The van der Waals surface area contributed by atoms with Crippen molar-refractivity contribution in [1.29, 1.82) is 0 Å². The number of H-pyrrole nitrogens is 1. The zero-order valence-corrected chi connectivity index (χ0v) is 8.17. The minimum absolute atomic E-state index is 0.257. The molecule has 2 amide bonds. The summed E-state index contributed by atoms with van der Waals surface area (Å²) in [5.41, 5.74) is 9.04. The first-order valence-corrected chi connectivity index (χ1v) is 5.13. The number of amides is 2. The van der Waals surface area contributed by atoms with Gasteiger partial charge < -0.3 is 16.5 Å². The van der Waals surface area contributed by atoms with E-state index in [-0.39, 0.29) is 5.69 Å². The molecule has 7 N–H and O–H groups in total. The van der Waals surface area contributed by atoms with E-state index in [2.05, 4.69) is 4.98 Å². The Morgan fingerprint density at radius 1 is 1.20 bits per heavy atom. The fourth-order valence-corrected chi connectivity index (χ4v) is 1.69. The van der Waals surface area contributed by atoms with Crippen molar-refractivity contribution >= 4 is 21.8 Å². The quantitative estimate of drug-likeness (QED) is 0.467. The van der Waals surface area contributed by atoms with E-state index in [1.807, 2.05) is 0 Å². The highest BCUT2D eigenvalue weighted by molar-refractivity contribution is 7.89. The van der Waals surface area contributed by atoms with Crippen molar-refractivity contribution in [2.75, 3.05) is 0 Å². The SMILES string of the molecule is NC(=O)c1cc(S(N)(=O)=O)c(C(N)=O)[nH]1. The fourth-order valence-electron chi connectivity index (χ4n) is 0.976. The van der Waals surface area contributed by atoms with E-state index in [0.717, 1.165) is 6.07 Å². The van der Waals surface area contributed by atoms with E-state index < -0.39 is 32.4 Å². The summed E-state index contributed by atoms with van der Waals surface area (Å²) in [5, 5.41) is 4.80. The second-order valence-corrected chi connectivity index (χ2v) is 4.23. The number of hydrogen-bond acceptors (Lipinski definition) is 4. The molecule has 8 nitrogen and oxygen atoms in total. The zero-order chi connectivity index (χ0) is 11.8. The molecule has 0 aliphatic rings. The molecule has 0 fully saturated rings. The molecular weight excluding hydrogens is 224 g/mol. The number of aromatic amines is 1. The average molecular weight is 232 g/mol. The van der Waals surface area contributed by atoms with E-state index in [0.29, 0.717) is 0 Å². The summed E-state index contributed by atoms with van der Waals surface area (Å²) in [5.74, 6) is -1.97. The lowest BCUT2D eigenvalue weighted by Crippen LogP contribution is -2.19. The average Bonchev–Trinajstić information content (AvgIpc) is 2.45. The van der Waals surface area contributed by atoms with Crippen LogP contribution in [0.2, 0.25) is 0 Å². The molecule has 0 unspecified atom stereocenters. The lowest BCUT2D eigenvalue weighted by Gasteiger charge is -1.95. The lowest BCUT2D eigenvalue weighted by molar-refractivity contribution is 0.0993. The van der Waals surface area contributed by atoms with Gasteiger partial charge in [-0.15, -0.1) is 0 Å². The molecular formula is C6H8N4O4S. The third-order valence-corrected chi connectivity index (χ3v) is 2.53. The van der Waals surface area contributed by atoms with Gasteiger partial charge in [0.05, 0.1) is 0 Å². The summed E-state index contributed by atoms with van der Waals surface area (Å²) in [7, 11) is -4.13. The first-order chi connectivity index (χ1) is 6.73. The van der Waals surface area contributed by atoms with E-state index in [1.54, 1.807) is 0 Å². The summed E-state index contributed by atoms with van der Waals surface area (Å²) < 4.78 is 22.0. The molecule has 0 aromatic carbocycles. The molecule has 0 aliphatic heterocycles. The maximum absolute atomic E-state index is 11.0. The van der Waals surface area contributed by atoms with E-state index in [4.69, 9.17) is 16.6 Å². The van der Waals surface area contributed by atoms with Gasteiger partial charge in [-0.25, -0.2) is 13.6 Å². The number of carbonyl (C=O) groups excluding carboxylic acids is 2. The summed E-state index contributed by atoms with van der Waals surface area (Å²) in [6.07, 6.45) is 0. The van der Waals surface area contributed by atoms with Crippen LogP contribution in [0.25, 0.3) is 0 Å². The van der Waals surface area contributed by atoms with Crippen LogP contribution in [0.3, 0.4) is 0 Å². The van der Waals surface area contributed by atoms with Crippen molar-refractivity contribution < 1.29 is 18.0 Å². The van der Waals surface area contributed by atoms with Crippen LogP contribution in [0.5, 0.6) is 0 Å². The zero-order valence-electron chi connectivity index (χ0n) is 7.35. The molecule has 0 spiro atoms. The van der Waals surface area contributed by atoms with Crippen molar-refractivity contribution in [2.45, 2.75) is 4.90 Å². The molecule has 0 saturated carbocycles. The van der Waals surface area contributed by atoms with Crippen LogP contribution in [-0.4, -0.2) is 25.2 Å². The molecule has 82 valence electrons. The van der Waals surface area contributed by atoms with E-state index in [9.17, 15) is 18.0 Å².